The number of nitrogens with one attached hydrogen (secondary N) is 1. The van der Waals surface area contributed by atoms with Gasteiger partial charge in [-0.1, -0.05) is 0 Å². The summed E-state index contributed by atoms with van der Waals surface area (Å²) in [6, 6.07) is 6.06. The van der Waals surface area contributed by atoms with Crippen LogP contribution in [0, 0.1) is 0 Å². The van der Waals surface area contributed by atoms with Gasteiger partial charge in [0, 0.05) is 23.2 Å². The standard InChI is InChI=1S/C15H16FNO6/c16-14(11(20)7-19)15(22)10(6-18)17-9-3-1-8-2-4-13(21)23-12(8)5-9/h1-6,10-11,14-15,17,19-20,22H,7H2/t10-,11+,14+,15+/m1/s1. The molecule has 0 aliphatic carbocycles. The van der Waals surface area contributed by atoms with Crippen LogP contribution in [0.4, 0.5) is 10.1 Å². The van der Waals surface area contributed by atoms with Gasteiger partial charge in [-0.3, -0.25) is 0 Å². The van der Waals surface area contributed by atoms with Crippen molar-refractivity contribution >= 4 is 22.9 Å². The van der Waals surface area contributed by atoms with Gasteiger partial charge in [-0.25, -0.2) is 9.18 Å². The molecule has 2 aromatic rings. The molecular formula is C15H16FNO6. The number of hydrogen-bond acceptors (Lipinski definition) is 7. The maximum atomic E-state index is 13.7. The molecule has 23 heavy (non-hydrogen) atoms. The van der Waals surface area contributed by atoms with Crippen LogP contribution >= 0.6 is 0 Å². The van der Waals surface area contributed by atoms with Crippen molar-refractivity contribution in [3.8, 4) is 0 Å². The Balaban J connectivity index is 2.21. The number of carbonyl (C=O) groups is 1. The largest absolute Gasteiger partial charge is 0.423 e. The smallest absolute Gasteiger partial charge is 0.336 e. The Morgan fingerprint density at radius 3 is 2.61 bits per heavy atom. The average Bonchev–Trinajstić information content (AvgIpc) is 2.57. The summed E-state index contributed by atoms with van der Waals surface area (Å²) < 4.78 is 18.7. The van der Waals surface area contributed by atoms with Crippen molar-refractivity contribution < 1.29 is 28.9 Å². The average molecular weight is 325 g/mol. The molecule has 0 aliphatic rings. The molecule has 0 aliphatic heterocycles. The van der Waals surface area contributed by atoms with Gasteiger partial charge in [0.05, 0.1) is 6.61 Å². The number of anilines is 1. The summed E-state index contributed by atoms with van der Waals surface area (Å²) in [6.07, 6.45) is -5.59. The molecule has 4 N–H and O–H groups in total. The lowest BCUT2D eigenvalue weighted by atomic mass is 10.0. The van der Waals surface area contributed by atoms with Gasteiger partial charge in [0.2, 0.25) is 0 Å². The fraction of sp³-hybridized carbons (Fsp3) is 0.333. The van der Waals surface area contributed by atoms with E-state index in [1.165, 1.54) is 12.1 Å². The number of alkyl halides is 1. The first-order valence-corrected chi connectivity index (χ1v) is 6.83. The predicted octanol–water partition coefficient (Wildman–Crippen LogP) is -0.175. The number of carbonyl (C=O) groups excluding carboxylic acids is 1. The van der Waals surface area contributed by atoms with E-state index in [0.717, 1.165) is 0 Å². The molecule has 0 bridgehead atoms. The molecule has 8 heteroatoms. The molecule has 1 aromatic carbocycles. The van der Waals surface area contributed by atoms with Crippen LogP contribution in [0.5, 0.6) is 0 Å². The molecule has 4 atom stereocenters. The van der Waals surface area contributed by atoms with Crippen molar-refractivity contribution in [2.45, 2.75) is 24.4 Å². The molecule has 0 amide bonds. The molecule has 0 radical (unpaired) electrons. The summed E-state index contributed by atoms with van der Waals surface area (Å²) in [7, 11) is 0. The molecule has 0 saturated carbocycles. The lowest BCUT2D eigenvalue weighted by Crippen LogP contribution is -2.47. The van der Waals surface area contributed by atoms with E-state index in [2.05, 4.69) is 5.32 Å². The highest BCUT2D eigenvalue weighted by molar-refractivity contribution is 5.81. The predicted molar refractivity (Wildman–Crippen MR) is 80.0 cm³/mol. The lowest BCUT2D eigenvalue weighted by Gasteiger charge is -2.25. The van der Waals surface area contributed by atoms with Crippen molar-refractivity contribution in [2.24, 2.45) is 0 Å². The molecule has 124 valence electrons. The topological polar surface area (TPSA) is 120 Å². The van der Waals surface area contributed by atoms with Crippen molar-refractivity contribution in [3.05, 3.63) is 40.8 Å². The number of fused-ring (bicyclic) bond motifs is 1. The Morgan fingerprint density at radius 2 is 1.96 bits per heavy atom. The number of rotatable bonds is 7. The number of hydrogen-bond donors (Lipinski definition) is 4. The molecule has 0 unspecified atom stereocenters. The molecular weight excluding hydrogens is 309 g/mol. The summed E-state index contributed by atoms with van der Waals surface area (Å²) in [4.78, 5) is 22.3. The third kappa shape index (κ3) is 3.92. The first-order chi connectivity index (χ1) is 11.0. The summed E-state index contributed by atoms with van der Waals surface area (Å²) in [6.45, 7) is -0.884. The Hall–Kier alpha value is -2.29. The van der Waals surface area contributed by atoms with E-state index in [0.29, 0.717) is 11.1 Å². The summed E-state index contributed by atoms with van der Waals surface area (Å²) in [5.41, 5.74) is 0.0269. The van der Waals surface area contributed by atoms with Crippen LogP contribution < -0.4 is 10.9 Å². The van der Waals surface area contributed by atoms with Gasteiger partial charge in [-0.15, -0.1) is 0 Å². The van der Waals surface area contributed by atoms with Crippen LogP contribution in [-0.4, -0.2) is 52.6 Å². The fourth-order valence-corrected chi connectivity index (χ4v) is 2.07. The van der Waals surface area contributed by atoms with Crippen molar-refractivity contribution in [1.29, 1.82) is 0 Å². The van der Waals surface area contributed by atoms with Crippen molar-refractivity contribution in [3.63, 3.8) is 0 Å². The molecule has 0 spiro atoms. The van der Waals surface area contributed by atoms with Crippen molar-refractivity contribution in [1.82, 2.24) is 0 Å². The minimum atomic E-state index is -2.21. The van der Waals surface area contributed by atoms with E-state index in [4.69, 9.17) is 9.52 Å². The van der Waals surface area contributed by atoms with Crippen LogP contribution in [0.3, 0.4) is 0 Å². The molecule has 2 rings (SSSR count). The first kappa shape index (κ1) is 17.1. The number of benzene rings is 1. The number of aliphatic hydroxyl groups is 3. The van der Waals surface area contributed by atoms with E-state index in [-0.39, 0.29) is 11.9 Å². The molecule has 1 aromatic heterocycles. The minimum Gasteiger partial charge on any atom is -0.423 e. The molecule has 0 fully saturated rings. The second kappa shape index (κ2) is 7.32. The second-order valence-corrected chi connectivity index (χ2v) is 5.00. The van der Waals surface area contributed by atoms with E-state index in [1.807, 2.05) is 0 Å². The normalized spacial score (nSPS) is 16.5. The maximum absolute atomic E-state index is 13.7. The van der Waals surface area contributed by atoms with Gasteiger partial charge in [0.25, 0.3) is 0 Å². The lowest BCUT2D eigenvalue weighted by molar-refractivity contribution is -0.113. The number of aliphatic hydroxyl groups excluding tert-OH is 3. The summed E-state index contributed by atoms with van der Waals surface area (Å²) >= 11 is 0. The first-order valence-electron chi connectivity index (χ1n) is 6.83. The van der Waals surface area contributed by atoms with Crippen LogP contribution in [0.25, 0.3) is 11.0 Å². The van der Waals surface area contributed by atoms with Gasteiger partial charge in [0.1, 0.15) is 30.1 Å². The van der Waals surface area contributed by atoms with Gasteiger partial charge in [-0.05, 0) is 18.2 Å². The van der Waals surface area contributed by atoms with Crippen LogP contribution in [0.2, 0.25) is 0 Å². The monoisotopic (exact) mass is 325 g/mol. The molecule has 7 nitrogen and oxygen atoms in total. The number of aldehydes is 1. The van der Waals surface area contributed by atoms with Gasteiger partial charge in [-0.2, -0.15) is 0 Å². The highest BCUT2D eigenvalue weighted by atomic mass is 19.1. The highest BCUT2D eigenvalue weighted by Gasteiger charge is 2.32. The Morgan fingerprint density at radius 1 is 1.26 bits per heavy atom. The zero-order valence-corrected chi connectivity index (χ0v) is 11.9. The Labute approximate surface area is 130 Å². The Bertz CT molecular complexity index is 733. The van der Waals surface area contributed by atoms with Crippen LogP contribution in [0.15, 0.2) is 39.5 Å². The van der Waals surface area contributed by atoms with Gasteiger partial charge >= 0.3 is 5.63 Å². The maximum Gasteiger partial charge on any atom is 0.336 e. The molecule has 0 saturated heterocycles. The van der Waals surface area contributed by atoms with Crippen LogP contribution in [-0.2, 0) is 4.79 Å². The number of halogens is 1. The van der Waals surface area contributed by atoms with E-state index in [1.54, 1.807) is 18.2 Å². The van der Waals surface area contributed by atoms with E-state index < -0.39 is 36.7 Å². The minimum absolute atomic E-state index is 0.258. The zero-order valence-electron chi connectivity index (χ0n) is 11.9. The van der Waals surface area contributed by atoms with Crippen LogP contribution in [0.1, 0.15) is 0 Å². The fourth-order valence-electron chi connectivity index (χ4n) is 2.07. The van der Waals surface area contributed by atoms with Crippen molar-refractivity contribution in [2.75, 3.05) is 11.9 Å². The van der Waals surface area contributed by atoms with E-state index >= 15 is 0 Å². The highest BCUT2D eigenvalue weighted by Crippen LogP contribution is 2.19. The zero-order chi connectivity index (χ0) is 17.0. The van der Waals surface area contributed by atoms with Gasteiger partial charge < -0.3 is 29.8 Å². The van der Waals surface area contributed by atoms with E-state index in [9.17, 15) is 24.2 Å². The SMILES string of the molecule is O=C[C@@H](Nc1ccc2ccc(=O)oc2c1)[C@H](O)[C@@H](F)[C@@H](O)CO. The summed E-state index contributed by atoms with van der Waals surface area (Å²) in [5.74, 6) is 0. The third-order valence-corrected chi connectivity index (χ3v) is 3.35. The van der Waals surface area contributed by atoms with Gasteiger partial charge in [0.15, 0.2) is 6.17 Å². The summed E-state index contributed by atoms with van der Waals surface area (Å²) in [5, 5.41) is 30.9. The second-order valence-electron chi connectivity index (χ2n) is 5.00. The Kier molecular flexibility index (Phi) is 5.43. The third-order valence-electron chi connectivity index (χ3n) is 3.35. The quantitative estimate of drug-likeness (QED) is 0.412. The molecule has 1 heterocycles.